The zero-order valence-electron chi connectivity index (χ0n) is 14.4. The van der Waals surface area contributed by atoms with Crippen LogP contribution in [0.3, 0.4) is 0 Å². The Kier molecular flexibility index (Phi) is 5.60. The van der Waals surface area contributed by atoms with Crippen molar-refractivity contribution < 1.29 is 14.1 Å². The van der Waals surface area contributed by atoms with E-state index in [1.165, 1.54) is 13.5 Å². The second-order valence-corrected chi connectivity index (χ2v) is 6.48. The van der Waals surface area contributed by atoms with Crippen LogP contribution in [0.1, 0.15) is 30.1 Å². The summed E-state index contributed by atoms with van der Waals surface area (Å²) in [5.74, 6) is -0.132. The first-order chi connectivity index (χ1) is 12.1. The van der Waals surface area contributed by atoms with Gasteiger partial charge in [0.05, 0.1) is 7.11 Å². The number of carbonyl (C=O) groups excluding carboxylic acids is 1. The van der Waals surface area contributed by atoms with Crippen LogP contribution in [0.15, 0.2) is 28.8 Å². The minimum Gasteiger partial charge on any atom is -0.465 e. The van der Waals surface area contributed by atoms with Gasteiger partial charge in [-0.3, -0.25) is 4.90 Å². The van der Waals surface area contributed by atoms with E-state index in [2.05, 4.69) is 22.3 Å². The van der Waals surface area contributed by atoms with E-state index in [4.69, 9.17) is 20.9 Å². The number of rotatable bonds is 6. The van der Waals surface area contributed by atoms with E-state index < -0.39 is 5.97 Å². The lowest BCUT2D eigenvalue weighted by atomic mass is 10.1. The molecule has 1 saturated heterocycles. The number of aromatic nitrogens is 1. The summed E-state index contributed by atoms with van der Waals surface area (Å²) in [7, 11) is 1.35. The maximum atomic E-state index is 12.3. The Balaban J connectivity index is 1.84. The van der Waals surface area contributed by atoms with Crippen LogP contribution in [0.25, 0.3) is 11.3 Å². The molecule has 1 aliphatic rings. The molecule has 2 aromatic rings. The number of benzene rings is 1. The average Bonchev–Trinajstić information content (AvgIpc) is 3.26. The van der Waals surface area contributed by atoms with Gasteiger partial charge in [-0.05, 0) is 38.1 Å². The molecule has 1 atom stereocenters. The highest BCUT2D eigenvalue weighted by Crippen LogP contribution is 2.30. The third kappa shape index (κ3) is 3.80. The summed E-state index contributed by atoms with van der Waals surface area (Å²) in [6, 6.07) is 7.52. The van der Waals surface area contributed by atoms with E-state index in [9.17, 15) is 4.79 Å². The lowest BCUT2D eigenvalue weighted by Gasteiger charge is -2.22. The monoisotopic (exact) mass is 363 g/mol. The van der Waals surface area contributed by atoms with E-state index in [1.807, 2.05) is 0 Å². The highest BCUT2D eigenvalue weighted by Gasteiger charge is 2.27. The Morgan fingerprint density at radius 1 is 1.44 bits per heavy atom. The number of anilines is 1. The number of methoxy groups -OCH3 is 1. The van der Waals surface area contributed by atoms with E-state index >= 15 is 0 Å². The van der Waals surface area contributed by atoms with E-state index in [0.717, 1.165) is 25.1 Å². The molecule has 0 aliphatic carbocycles. The molecule has 1 aliphatic heterocycles. The second kappa shape index (κ2) is 7.89. The van der Waals surface area contributed by atoms with Crippen molar-refractivity contribution in [1.29, 1.82) is 0 Å². The summed E-state index contributed by atoms with van der Waals surface area (Å²) in [5.41, 5.74) is 1.51. The molecule has 25 heavy (non-hydrogen) atoms. The van der Waals surface area contributed by atoms with Crippen molar-refractivity contribution in [2.75, 3.05) is 32.1 Å². The van der Waals surface area contributed by atoms with Crippen LogP contribution in [0, 0.1) is 0 Å². The highest BCUT2D eigenvalue weighted by atomic mass is 35.5. The molecule has 0 radical (unpaired) electrons. The van der Waals surface area contributed by atoms with Crippen LogP contribution in [-0.2, 0) is 4.74 Å². The predicted molar refractivity (Wildman–Crippen MR) is 97.0 cm³/mol. The number of likely N-dealkylation sites (N-methyl/N-ethyl adjacent to an activating group) is 1. The molecule has 134 valence electrons. The van der Waals surface area contributed by atoms with Crippen LogP contribution in [0.4, 0.5) is 5.88 Å². The van der Waals surface area contributed by atoms with Crippen molar-refractivity contribution >= 4 is 23.5 Å². The summed E-state index contributed by atoms with van der Waals surface area (Å²) < 4.78 is 10.3. The number of carbonyl (C=O) groups is 1. The maximum Gasteiger partial charge on any atom is 0.345 e. The molecule has 0 amide bonds. The second-order valence-electron chi connectivity index (χ2n) is 6.04. The molecule has 7 heteroatoms. The molecular formula is C18H22ClN3O3. The summed E-state index contributed by atoms with van der Waals surface area (Å²) in [4.78, 5) is 14.7. The summed E-state index contributed by atoms with van der Waals surface area (Å²) in [6.45, 7) is 4.99. The van der Waals surface area contributed by atoms with Crippen LogP contribution in [0.2, 0.25) is 5.02 Å². The van der Waals surface area contributed by atoms with E-state index in [0.29, 0.717) is 34.8 Å². The number of nitrogens with zero attached hydrogens (tertiary/aromatic N) is 2. The highest BCUT2D eigenvalue weighted by molar-refractivity contribution is 6.30. The standard InChI is InChI=1S/C18H22ClN3O3/c1-3-22-10-4-5-14(22)11-20-17-15(18(23)24-2)16(21-25-17)12-6-8-13(19)9-7-12/h6-9,14,20H,3-5,10-11H2,1-2H3/t14-/m1/s1. The smallest absolute Gasteiger partial charge is 0.345 e. The fraction of sp³-hybridized carbons (Fsp3) is 0.444. The summed E-state index contributed by atoms with van der Waals surface area (Å²) >= 11 is 5.93. The first kappa shape index (κ1) is 17.8. The Labute approximate surface area is 152 Å². The number of likely N-dealkylation sites (tertiary alicyclic amines) is 1. The zero-order valence-corrected chi connectivity index (χ0v) is 15.2. The zero-order chi connectivity index (χ0) is 17.8. The van der Waals surface area contributed by atoms with Gasteiger partial charge in [-0.2, -0.15) is 0 Å². The number of esters is 1. The Hall–Kier alpha value is -2.05. The van der Waals surface area contributed by atoms with Crippen LogP contribution in [-0.4, -0.2) is 48.8 Å². The lowest BCUT2D eigenvalue weighted by Crippen LogP contribution is -2.34. The van der Waals surface area contributed by atoms with Crippen molar-refractivity contribution in [2.45, 2.75) is 25.8 Å². The van der Waals surface area contributed by atoms with Gasteiger partial charge in [-0.1, -0.05) is 35.8 Å². The maximum absolute atomic E-state index is 12.3. The molecule has 0 spiro atoms. The topological polar surface area (TPSA) is 67.6 Å². The molecule has 1 aromatic carbocycles. The molecule has 1 fully saturated rings. The molecular weight excluding hydrogens is 342 g/mol. The van der Waals surface area contributed by atoms with Crippen molar-refractivity contribution in [2.24, 2.45) is 0 Å². The van der Waals surface area contributed by atoms with Gasteiger partial charge >= 0.3 is 5.97 Å². The van der Waals surface area contributed by atoms with Crippen molar-refractivity contribution in [3.05, 3.63) is 34.9 Å². The summed E-state index contributed by atoms with van der Waals surface area (Å²) in [6.07, 6.45) is 2.32. The predicted octanol–water partition coefficient (Wildman–Crippen LogP) is 3.68. The molecule has 0 bridgehead atoms. The fourth-order valence-corrected chi connectivity index (χ4v) is 3.39. The third-order valence-corrected chi connectivity index (χ3v) is 4.85. The van der Waals surface area contributed by atoms with Gasteiger partial charge in [0.15, 0.2) is 5.56 Å². The first-order valence-corrected chi connectivity index (χ1v) is 8.83. The molecule has 3 rings (SSSR count). The van der Waals surface area contributed by atoms with Gasteiger partial charge in [0.25, 0.3) is 0 Å². The molecule has 0 unspecified atom stereocenters. The van der Waals surface area contributed by atoms with E-state index in [-0.39, 0.29) is 0 Å². The third-order valence-electron chi connectivity index (χ3n) is 4.60. The minimum absolute atomic E-state index is 0.311. The van der Waals surface area contributed by atoms with Crippen LogP contribution < -0.4 is 5.32 Å². The molecule has 1 N–H and O–H groups in total. The average molecular weight is 364 g/mol. The number of nitrogens with one attached hydrogen (secondary N) is 1. The largest absolute Gasteiger partial charge is 0.465 e. The van der Waals surface area contributed by atoms with Gasteiger partial charge in [-0.15, -0.1) is 0 Å². The molecule has 0 saturated carbocycles. The van der Waals surface area contributed by atoms with E-state index in [1.54, 1.807) is 24.3 Å². The van der Waals surface area contributed by atoms with Crippen molar-refractivity contribution in [1.82, 2.24) is 10.1 Å². The van der Waals surface area contributed by atoms with Crippen LogP contribution in [0.5, 0.6) is 0 Å². The fourth-order valence-electron chi connectivity index (χ4n) is 3.26. The molecule has 2 heterocycles. The summed E-state index contributed by atoms with van der Waals surface area (Å²) in [5, 5.41) is 7.93. The number of hydrogen-bond acceptors (Lipinski definition) is 6. The molecule has 6 nitrogen and oxygen atoms in total. The Morgan fingerprint density at radius 2 is 2.20 bits per heavy atom. The lowest BCUT2D eigenvalue weighted by molar-refractivity contribution is 0.0602. The number of ether oxygens (including phenoxy) is 1. The van der Waals surface area contributed by atoms with Gasteiger partial charge in [0.1, 0.15) is 5.69 Å². The van der Waals surface area contributed by atoms with Gasteiger partial charge in [0.2, 0.25) is 5.88 Å². The SMILES string of the molecule is CCN1CCC[C@@H]1CNc1onc(-c2ccc(Cl)cc2)c1C(=O)OC. The van der Waals surface area contributed by atoms with Crippen molar-refractivity contribution in [3.8, 4) is 11.3 Å². The quantitative estimate of drug-likeness (QED) is 0.790. The minimum atomic E-state index is -0.479. The van der Waals surface area contributed by atoms with Gasteiger partial charge < -0.3 is 14.6 Å². The Morgan fingerprint density at radius 3 is 2.88 bits per heavy atom. The Bertz CT molecular complexity index is 730. The van der Waals surface area contributed by atoms with Crippen LogP contribution >= 0.6 is 11.6 Å². The van der Waals surface area contributed by atoms with Crippen molar-refractivity contribution in [3.63, 3.8) is 0 Å². The normalized spacial score (nSPS) is 17.6. The van der Waals surface area contributed by atoms with Gasteiger partial charge in [0, 0.05) is 23.2 Å². The number of halogens is 1. The van der Waals surface area contributed by atoms with Gasteiger partial charge in [-0.25, -0.2) is 4.79 Å². The number of hydrogen-bond donors (Lipinski definition) is 1. The first-order valence-electron chi connectivity index (χ1n) is 8.45. The molecule has 1 aromatic heterocycles.